The van der Waals surface area contributed by atoms with Gasteiger partial charge in [-0.05, 0) is 41.8 Å². The van der Waals surface area contributed by atoms with Crippen molar-refractivity contribution in [1.82, 2.24) is 0 Å². The van der Waals surface area contributed by atoms with Gasteiger partial charge in [-0.1, -0.05) is 70.2 Å². The highest BCUT2D eigenvalue weighted by Crippen LogP contribution is 2.25. The molecule has 0 aliphatic rings. The molecule has 140 valence electrons. The van der Waals surface area contributed by atoms with Crippen LogP contribution in [0.1, 0.15) is 58.8 Å². The third-order valence-electron chi connectivity index (χ3n) is 4.33. The Bertz CT molecular complexity index is 644. The zero-order valence-corrected chi connectivity index (χ0v) is 16.0. The molecule has 2 rings (SSSR count). The molecule has 0 unspecified atom stereocenters. The van der Waals surface area contributed by atoms with E-state index in [1.165, 1.54) is 32.1 Å². The van der Waals surface area contributed by atoms with Crippen molar-refractivity contribution in [1.29, 1.82) is 0 Å². The Morgan fingerprint density at radius 1 is 0.731 bits per heavy atom. The van der Waals surface area contributed by atoms with Crippen LogP contribution >= 0.6 is 0 Å². The molecule has 2 aromatic rings. The zero-order chi connectivity index (χ0) is 18.6. The van der Waals surface area contributed by atoms with Crippen molar-refractivity contribution in [3.8, 4) is 22.6 Å². The number of rotatable bonds is 11. The maximum atomic E-state index is 11.3. The third-order valence-corrected chi connectivity index (χ3v) is 4.33. The van der Waals surface area contributed by atoms with E-state index >= 15 is 0 Å². The second-order valence-electron chi connectivity index (χ2n) is 6.49. The Balaban J connectivity index is 1.78. The molecule has 0 saturated heterocycles. The Labute approximate surface area is 157 Å². The minimum absolute atomic E-state index is 0.218. The van der Waals surface area contributed by atoms with Gasteiger partial charge in [0.15, 0.2) is 0 Å². The van der Waals surface area contributed by atoms with E-state index in [4.69, 9.17) is 9.47 Å². The molecule has 3 nitrogen and oxygen atoms in total. The van der Waals surface area contributed by atoms with Crippen LogP contribution in [0.3, 0.4) is 0 Å². The summed E-state index contributed by atoms with van der Waals surface area (Å²) >= 11 is 0. The SMILES string of the molecule is CCCCCCCCOc1ccc(-c2ccc(OC(=O)CC)cc2)cc1. The summed E-state index contributed by atoms with van der Waals surface area (Å²) < 4.78 is 11.0. The quantitative estimate of drug-likeness (QED) is 0.266. The highest BCUT2D eigenvalue weighted by Gasteiger charge is 2.03. The average Bonchev–Trinajstić information content (AvgIpc) is 2.68. The lowest BCUT2D eigenvalue weighted by molar-refractivity contribution is -0.134. The third kappa shape index (κ3) is 6.91. The van der Waals surface area contributed by atoms with Crippen LogP contribution in [0.25, 0.3) is 11.1 Å². The van der Waals surface area contributed by atoms with Gasteiger partial charge >= 0.3 is 5.97 Å². The van der Waals surface area contributed by atoms with Gasteiger partial charge in [0, 0.05) is 6.42 Å². The van der Waals surface area contributed by atoms with Gasteiger partial charge in [-0.15, -0.1) is 0 Å². The van der Waals surface area contributed by atoms with E-state index in [-0.39, 0.29) is 5.97 Å². The van der Waals surface area contributed by atoms with Crippen molar-refractivity contribution in [3.63, 3.8) is 0 Å². The molecule has 0 bridgehead atoms. The van der Waals surface area contributed by atoms with Crippen molar-refractivity contribution in [2.75, 3.05) is 6.61 Å². The maximum absolute atomic E-state index is 11.3. The van der Waals surface area contributed by atoms with Crippen LogP contribution in [0.2, 0.25) is 0 Å². The van der Waals surface area contributed by atoms with E-state index in [0.717, 1.165) is 29.9 Å². The standard InChI is InChI=1S/C23H30O3/c1-3-5-6-7-8-9-18-25-21-14-10-19(11-15-21)20-12-16-22(17-13-20)26-23(24)4-2/h10-17H,3-9,18H2,1-2H3. The molecule has 0 fully saturated rings. The fourth-order valence-corrected chi connectivity index (χ4v) is 2.74. The lowest BCUT2D eigenvalue weighted by Gasteiger charge is -2.08. The second-order valence-corrected chi connectivity index (χ2v) is 6.49. The minimum Gasteiger partial charge on any atom is -0.494 e. The van der Waals surface area contributed by atoms with Crippen LogP contribution in [0.5, 0.6) is 11.5 Å². The Kier molecular flexibility index (Phi) is 8.74. The number of carbonyl (C=O) groups is 1. The number of benzene rings is 2. The fourth-order valence-electron chi connectivity index (χ4n) is 2.74. The van der Waals surface area contributed by atoms with Gasteiger partial charge in [-0.3, -0.25) is 4.79 Å². The molecule has 3 heteroatoms. The predicted molar refractivity (Wildman–Crippen MR) is 107 cm³/mol. The molecule has 0 heterocycles. The first kappa shape index (κ1) is 20.0. The molecule has 0 aromatic heterocycles. The molecule has 0 aliphatic carbocycles. The Morgan fingerprint density at radius 3 is 1.85 bits per heavy atom. The van der Waals surface area contributed by atoms with Crippen LogP contribution in [0, 0.1) is 0 Å². The summed E-state index contributed by atoms with van der Waals surface area (Å²) in [5, 5.41) is 0. The summed E-state index contributed by atoms with van der Waals surface area (Å²) in [4.78, 5) is 11.3. The van der Waals surface area contributed by atoms with Gasteiger partial charge in [0.25, 0.3) is 0 Å². The summed E-state index contributed by atoms with van der Waals surface area (Å²) in [6.07, 6.45) is 8.00. The topological polar surface area (TPSA) is 35.5 Å². The van der Waals surface area contributed by atoms with Crippen molar-refractivity contribution in [3.05, 3.63) is 48.5 Å². The van der Waals surface area contributed by atoms with Crippen molar-refractivity contribution in [2.24, 2.45) is 0 Å². The second kappa shape index (κ2) is 11.3. The van der Waals surface area contributed by atoms with E-state index in [1.807, 2.05) is 36.4 Å². The summed E-state index contributed by atoms with van der Waals surface area (Å²) in [6, 6.07) is 15.7. The van der Waals surface area contributed by atoms with E-state index < -0.39 is 0 Å². The van der Waals surface area contributed by atoms with E-state index in [2.05, 4.69) is 19.1 Å². The average molecular weight is 354 g/mol. The van der Waals surface area contributed by atoms with Crippen molar-refractivity contribution in [2.45, 2.75) is 58.8 Å². The minimum atomic E-state index is -0.218. The largest absolute Gasteiger partial charge is 0.494 e. The first-order chi connectivity index (χ1) is 12.7. The maximum Gasteiger partial charge on any atom is 0.310 e. The molecule has 26 heavy (non-hydrogen) atoms. The number of ether oxygens (including phenoxy) is 2. The molecule has 0 atom stereocenters. The summed E-state index contributed by atoms with van der Waals surface area (Å²) in [7, 11) is 0. The molecule has 0 N–H and O–H groups in total. The number of hydrogen-bond donors (Lipinski definition) is 0. The van der Waals surface area contributed by atoms with Gasteiger partial charge in [-0.2, -0.15) is 0 Å². The van der Waals surface area contributed by atoms with Crippen LogP contribution < -0.4 is 9.47 Å². The number of carbonyl (C=O) groups excluding carboxylic acids is 1. The first-order valence-electron chi connectivity index (χ1n) is 9.77. The highest BCUT2D eigenvalue weighted by atomic mass is 16.5. The number of esters is 1. The summed E-state index contributed by atoms with van der Waals surface area (Å²) in [5.74, 6) is 1.28. The van der Waals surface area contributed by atoms with Crippen LogP contribution in [-0.4, -0.2) is 12.6 Å². The lowest BCUT2D eigenvalue weighted by atomic mass is 10.1. The molecule has 0 radical (unpaired) electrons. The van der Waals surface area contributed by atoms with Crippen LogP contribution in [-0.2, 0) is 4.79 Å². The number of hydrogen-bond acceptors (Lipinski definition) is 3. The van der Waals surface area contributed by atoms with Crippen LogP contribution in [0.4, 0.5) is 0 Å². The Hall–Kier alpha value is -2.29. The molecular formula is C23H30O3. The molecule has 0 aliphatic heterocycles. The van der Waals surface area contributed by atoms with E-state index in [9.17, 15) is 4.79 Å². The lowest BCUT2D eigenvalue weighted by Crippen LogP contribution is -2.05. The van der Waals surface area contributed by atoms with Gasteiger partial charge in [0.2, 0.25) is 0 Å². The number of unbranched alkanes of at least 4 members (excludes halogenated alkanes) is 5. The smallest absolute Gasteiger partial charge is 0.310 e. The fraction of sp³-hybridized carbons (Fsp3) is 0.435. The zero-order valence-electron chi connectivity index (χ0n) is 16.0. The normalized spacial score (nSPS) is 10.5. The van der Waals surface area contributed by atoms with Crippen molar-refractivity contribution < 1.29 is 14.3 Å². The molecule has 0 amide bonds. The first-order valence-corrected chi connectivity index (χ1v) is 9.77. The van der Waals surface area contributed by atoms with Gasteiger partial charge in [0.1, 0.15) is 11.5 Å². The molecule has 2 aromatic carbocycles. The van der Waals surface area contributed by atoms with E-state index in [1.54, 1.807) is 6.92 Å². The van der Waals surface area contributed by atoms with E-state index in [0.29, 0.717) is 12.2 Å². The summed E-state index contributed by atoms with van der Waals surface area (Å²) in [6.45, 7) is 4.80. The van der Waals surface area contributed by atoms with Gasteiger partial charge < -0.3 is 9.47 Å². The molecule has 0 spiro atoms. The van der Waals surface area contributed by atoms with Gasteiger partial charge in [-0.25, -0.2) is 0 Å². The monoisotopic (exact) mass is 354 g/mol. The Morgan fingerprint density at radius 2 is 1.27 bits per heavy atom. The molecular weight excluding hydrogens is 324 g/mol. The van der Waals surface area contributed by atoms with Gasteiger partial charge in [0.05, 0.1) is 6.61 Å². The highest BCUT2D eigenvalue weighted by molar-refractivity contribution is 5.72. The summed E-state index contributed by atoms with van der Waals surface area (Å²) in [5.41, 5.74) is 2.20. The predicted octanol–water partition coefficient (Wildman–Crippen LogP) is 6.41. The van der Waals surface area contributed by atoms with Crippen molar-refractivity contribution >= 4 is 5.97 Å². The van der Waals surface area contributed by atoms with Crippen LogP contribution in [0.15, 0.2) is 48.5 Å². The molecule has 0 saturated carbocycles.